The van der Waals surface area contributed by atoms with Crippen LogP contribution in [0.5, 0.6) is 0 Å². The molecule has 0 aliphatic heterocycles. The maximum absolute atomic E-state index is 11.5. The Labute approximate surface area is 122 Å². The maximum Gasteiger partial charge on any atom is 0.218 e. The Balaban J connectivity index is 2.37. The van der Waals surface area contributed by atoms with E-state index in [0.717, 1.165) is 5.56 Å². The van der Waals surface area contributed by atoms with Crippen molar-refractivity contribution in [3.05, 3.63) is 60.9 Å². The van der Waals surface area contributed by atoms with Crippen molar-refractivity contribution in [1.29, 1.82) is 0 Å². The number of benzene rings is 1. The van der Waals surface area contributed by atoms with Crippen LogP contribution in [0.15, 0.2) is 39.9 Å². The molecule has 1 heterocycles. The van der Waals surface area contributed by atoms with Crippen molar-refractivity contribution in [2.24, 2.45) is 0 Å². The molecule has 0 bridgehead atoms. The number of hydrogen-bond acceptors (Lipinski definition) is 2. The quantitative estimate of drug-likeness (QED) is 0.903. The minimum atomic E-state index is -0.214. The minimum absolute atomic E-state index is 0.189. The summed E-state index contributed by atoms with van der Waals surface area (Å²) in [5.41, 5.74) is 6.49. The number of anilines is 1. The van der Waals surface area contributed by atoms with Crippen LogP contribution in [0.3, 0.4) is 0 Å². The summed E-state index contributed by atoms with van der Waals surface area (Å²) in [6.07, 6.45) is 3.25. The molecule has 0 fully saturated rings. The van der Waals surface area contributed by atoms with E-state index in [1.54, 1.807) is 29.1 Å². The van der Waals surface area contributed by atoms with Gasteiger partial charge in [0.15, 0.2) is 0 Å². The number of nitrogen functional groups attached to an aromatic ring is 1. The second kappa shape index (κ2) is 5.34. The average Bonchev–Trinajstić information content (AvgIpc) is 2.29. The lowest BCUT2D eigenvalue weighted by Crippen LogP contribution is -2.13. The van der Waals surface area contributed by atoms with Gasteiger partial charge in [0, 0.05) is 29.0 Å². The Hall–Kier alpha value is -0.970. The van der Waals surface area contributed by atoms with Crippen LogP contribution in [0.1, 0.15) is 5.56 Å². The second-order valence-electron chi connectivity index (χ2n) is 3.80. The number of halogens is 3. The molecular weight excluding hydrogens is 339 g/mol. The van der Waals surface area contributed by atoms with Gasteiger partial charge in [-0.25, -0.2) is 0 Å². The molecule has 0 aliphatic carbocycles. The summed E-state index contributed by atoms with van der Waals surface area (Å²) in [6, 6.07) is 5.29. The van der Waals surface area contributed by atoms with Crippen LogP contribution in [0.25, 0.3) is 0 Å². The van der Waals surface area contributed by atoms with Gasteiger partial charge >= 0.3 is 0 Å². The summed E-state index contributed by atoms with van der Waals surface area (Å²) < 4.78 is 2.21. The van der Waals surface area contributed by atoms with Gasteiger partial charge in [0.05, 0.1) is 10.2 Å². The second-order valence-corrected chi connectivity index (χ2v) is 5.50. The lowest BCUT2D eigenvalue weighted by molar-refractivity contribution is 0.787. The van der Waals surface area contributed by atoms with Crippen molar-refractivity contribution in [2.45, 2.75) is 6.54 Å². The summed E-state index contributed by atoms with van der Waals surface area (Å²) in [7, 11) is 0. The average molecular weight is 348 g/mol. The molecule has 1 aromatic heterocycles. The van der Waals surface area contributed by atoms with E-state index < -0.39 is 0 Å². The molecule has 3 nitrogen and oxygen atoms in total. The highest BCUT2D eigenvalue weighted by molar-refractivity contribution is 9.10. The monoisotopic (exact) mass is 346 g/mol. The van der Waals surface area contributed by atoms with Gasteiger partial charge in [-0.2, -0.15) is 0 Å². The van der Waals surface area contributed by atoms with E-state index in [0.29, 0.717) is 21.1 Å². The Morgan fingerprint density at radius 2 is 2.00 bits per heavy atom. The zero-order valence-corrected chi connectivity index (χ0v) is 12.3. The normalized spacial score (nSPS) is 10.6. The molecule has 0 atom stereocenters. The molecule has 0 aliphatic rings. The van der Waals surface area contributed by atoms with E-state index in [1.807, 2.05) is 6.07 Å². The van der Waals surface area contributed by atoms with Gasteiger partial charge in [0.25, 0.3) is 0 Å². The molecule has 94 valence electrons. The number of nitrogens with zero attached hydrogens (tertiary/aromatic N) is 1. The number of rotatable bonds is 2. The van der Waals surface area contributed by atoms with Gasteiger partial charge in [0.1, 0.15) is 0 Å². The van der Waals surface area contributed by atoms with E-state index in [2.05, 4.69) is 15.9 Å². The molecule has 2 rings (SSSR count). The summed E-state index contributed by atoms with van der Waals surface area (Å²) in [6.45, 7) is 0.513. The molecule has 1 aromatic carbocycles. The number of hydrogen-bond donors (Lipinski definition) is 1. The third kappa shape index (κ3) is 2.88. The van der Waals surface area contributed by atoms with Gasteiger partial charge in [-0.1, -0.05) is 29.3 Å². The predicted molar refractivity (Wildman–Crippen MR) is 78.4 cm³/mol. The van der Waals surface area contributed by atoms with Gasteiger partial charge in [0.2, 0.25) is 5.43 Å². The fraction of sp³-hybridized carbons (Fsp3) is 0.0833. The predicted octanol–water partition coefficient (Wildman–Crippen LogP) is 3.55. The van der Waals surface area contributed by atoms with Crippen molar-refractivity contribution < 1.29 is 0 Å². The van der Waals surface area contributed by atoms with Gasteiger partial charge in [-0.05, 0) is 33.6 Å². The molecule has 0 saturated carbocycles. The first kappa shape index (κ1) is 13.5. The highest BCUT2D eigenvalue weighted by Crippen LogP contribution is 2.22. The summed E-state index contributed by atoms with van der Waals surface area (Å²) >= 11 is 15.1. The zero-order valence-electron chi connectivity index (χ0n) is 9.16. The zero-order chi connectivity index (χ0) is 13.3. The van der Waals surface area contributed by atoms with Crippen molar-refractivity contribution in [2.75, 3.05) is 5.73 Å². The molecule has 2 aromatic rings. The smallest absolute Gasteiger partial charge is 0.218 e. The topological polar surface area (TPSA) is 48.0 Å². The van der Waals surface area contributed by atoms with E-state index in [1.165, 1.54) is 0 Å². The highest BCUT2D eigenvalue weighted by Gasteiger charge is 2.05. The molecule has 0 unspecified atom stereocenters. The molecule has 18 heavy (non-hydrogen) atoms. The van der Waals surface area contributed by atoms with Crippen molar-refractivity contribution in [3.8, 4) is 0 Å². The van der Waals surface area contributed by atoms with Crippen LogP contribution in [-0.2, 0) is 6.54 Å². The molecular formula is C12H9BrCl2N2O. The number of nitrogens with two attached hydrogens (primary N) is 1. The summed E-state index contributed by atoms with van der Waals surface area (Å²) in [5.74, 6) is 0. The first-order chi connectivity index (χ1) is 8.47. The largest absolute Gasteiger partial charge is 0.394 e. The summed E-state index contributed by atoms with van der Waals surface area (Å²) in [5, 5.41) is 1.17. The first-order valence-corrected chi connectivity index (χ1v) is 6.61. The fourth-order valence-electron chi connectivity index (χ4n) is 1.55. The van der Waals surface area contributed by atoms with Gasteiger partial charge in [-0.3, -0.25) is 4.79 Å². The lowest BCUT2D eigenvalue weighted by Gasteiger charge is -2.10. The molecule has 0 spiro atoms. The highest BCUT2D eigenvalue weighted by atomic mass is 79.9. The van der Waals surface area contributed by atoms with Crippen LogP contribution < -0.4 is 11.2 Å². The summed E-state index contributed by atoms with van der Waals surface area (Å²) in [4.78, 5) is 11.5. The molecule has 0 saturated heterocycles. The van der Waals surface area contributed by atoms with Crippen molar-refractivity contribution in [3.63, 3.8) is 0 Å². The standard InChI is InChI=1S/C12H9BrCl2N2O/c13-9-5-17(6-11(16)12(9)18)4-7-1-2-8(14)3-10(7)15/h1-3,5-6H,4,16H2. The van der Waals surface area contributed by atoms with Crippen LogP contribution in [0.4, 0.5) is 5.69 Å². The third-order valence-corrected chi connectivity index (χ3v) is 3.58. The van der Waals surface area contributed by atoms with E-state index in [-0.39, 0.29) is 11.1 Å². The third-order valence-electron chi connectivity index (χ3n) is 2.43. The Kier molecular flexibility index (Phi) is 4.00. The number of aromatic nitrogens is 1. The lowest BCUT2D eigenvalue weighted by atomic mass is 10.2. The van der Waals surface area contributed by atoms with Crippen molar-refractivity contribution in [1.82, 2.24) is 4.57 Å². The van der Waals surface area contributed by atoms with E-state index in [9.17, 15) is 4.79 Å². The maximum atomic E-state index is 11.5. The van der Waals surface area contributed by atoms with Crippen LogP contribution in [0.2, 0.25) is 10.0 Å². The van der Waals surface area contributed by atoms with Crippen molar-refractivity contribution >= 4 is 44.8 Å². The van der Waals surface area contributed by atoms with Crippen LogP contribution in [-0.4, -0.2) is 4.57 Å². The Morgan fingerprint density at radius 1 is 1.28 bits per heavy atom. The van der Waals surface area contributed by atoms with E-state index in [4.69, 9.17) is 28.9 Å². The molecule has 6 heteroatoms. The van der Waals surface area contributed by atoms with Gasteiger partial charge in [-0.15, -0.1) is 0 Å². The first-order valence-electron chi connectivity index (χ1n) is 5.06. The molecule has 2 N–H and O–H groups in total. The fourth-order valence-corrected chi connectivity index (χ4v) is 2.51. The van der Waals surface area contributed by atoms with Crippen LogP contribution >= 0.6 is 39.1 Å². The SMILES string of the molecule is Nc1cn(Cc2ccc(Cl)cc2Cl)cc(Br)c1=O. The Bertz CT molecular complexity index is 629. The van der Waals surface area contributed by atoms with Crippen LogP contribution in [0, 0.1) is 0 Å². The minimum Gasteiger partial charge on any atom is -0.394 e. The molecule has 0 amide bonds. The molecule has 0 radical (unpaired) electrons. The van der Waals surface area contributed by atoms with Gasteiger partial charge < -0.3 is 10.3 Å². The number of pyridine rings is 1. The Morgan fingerprint density at radius 3 is 2.61 bits per heavy atom. The van der Waals surface area contributed by atoms with E-state index >= 15 is 0 Å².